The lowest BCUT2D eigenvalue weighted by molar-refractivity contribution is 0.414. The largest absolute Gasteiger partial charge is 0.497 e. The highest BCUT2D eigenvalue weighted by Gasteiger charge is 2.14. The van der Waals surface area contributed by atoms with Crippen LogP contribution in [0.25, 0.3) is 34.4 Å². The van der Waals surface area contributed by atoms with Crippen LogP contribution in [-0.4, -0.2) is 7.11 Å². The number of methoxy groups -OCH3 is 1. The zero-order chi connectivity index (χ0) is 18.6. The molecule has 0 atom stereocenters. The van der Waals surface area contributed by atoms with Crippen molar-refractivity contribution in [2.24, 2.45) is 0 Å². The molecule has 1 aromatic heterocycles. The first-order chi connectivity index (χ1) is 13.3. The normalized spacial score (nSPS) is 11.1. The van der Waals surface area contributed by atoms with Gasteiger partial charge in [-0.15, -0.1) is 0 Å². The van der Waals surface area contributed by atoms with Crippen molar-refractivity contribution in [3.8, 4) is 17.1 Å². The van der Waals surface area contributed by atoms with Crippen molar-refractivity contribution in [3.05, 3.63) is 100 Å². The quantitative estimate of drug-likeness (QED) is 0.476. The van der Waals surface area contributed by atoms with Gasteiger partial charge in [0.05, 0.1) is 18.1 Å². The van der Waals surface area contributed by atoms with Crippen molar-refractivity contribution in [3.63, 3.8) is 0 Å². The van der Waals surface area contributed by atoms with Gasteiger partial charge in [0.25, 0.3) is 0 Å². The van der Waals surface area contributed by atoms with E-state index in [1.807, 2.05) is 72.8 Å². The molecular weight excluding hydrogens is 336 g/mol. The first-order valence-electron chi connectivity index (χ1n) is 8.69. The molecule has 0 unspecified atom stereocenters. The van der Waals surface area contributed by atoms with E-state index in [1.165, 1.54) is 0 Å². The Bertz CT molecular complexity index is 1160. The van der Waals surface area contributed by atoms with Crippen molar-refractivity contribution in [1.29, 1.82) is 0 Å². The average molecular weight is 354 g/mol. The summed E-state index contributed by atoms with van der Waals surface area (Å²) in [6.07, 6.45) is 3.75. The third kappa shape index (κ3) is 3.40. The molecule has 0 amide bonds. The second-order valence-electron chi connectivity index (χ2n) is 6.15. The predicted octanol–water partition coefficient (Wildman–Crippen LogP) is 5.64. The fourth-order valence-electron chi connectivity index (χ4n) is 3.01. The molecule has 0 aliphatic rings. The number of benzene rings is 3. The summed E-state index contributed by atoms with van der Waals surface area (Å²) >= 11 is 0. The van der Waals surface area contributed by atoms with Gasteiger partial charge in [-0.3, -0.25) is 4.79 Å². The Morgan fingerprint density at radius 2 is 1.56 bits per heavy atom. The minimum Gasteiger partial charge on any atom is -0.497 e. The third-order valence-electron chi connectivity index (χ3n) is 4.41. The van der Waals surface area contributed by atoms with Gasteiger partial charge in [0.1, 0.15) is 17.1 Å². The summed E-state index contributed by atoms with van der Waals surface area (Å²) in [5.41, 5.74) is 2.85. The summed E-state index contributed by atoms with van der Waals surface area (Å²) in [5, 5.41) is 0.531. The molecule has 132 valence electrons. The zero-order valence-electron chi connectivity index (χ0n) is 14.9. The van der Waals surface area contributed by atoms with E-state index in [0.29, 0.717) is 28.0 Å². The Labute approximate surface area is 157 Å². The molecule has 0 saturated heterocycles. The van der Waals surface area contributed by atoms with Crippen LogP contribution in [0.15, 0.2) is 88.1 Å². The molecule has 4 aromatic rings. The lowest BCUT2D eigenvalue weighted by Gasteiger charge is -2.09. The van der Waals surface area contributed by atoms with Crippen molar-refractivity contribution in [2.75, 3.05) is 7.11 Å². The smallest absolute Gasteiger partial charge is 0.200 e. The molecule has 0 N–H and O–H groups in total. The fraction of sp³-hybridized carbons (Fsp3) is 0.0417. The van der Waals surface area contributed by atoms with Crippen LogP contribution in [-0.2, 0) is 0 Å². The van der Waals surface area contributed by atoms with Crippen LogP contribution in [0.5, 0.6) is 5.75 Å². The standard InChI is InChI=1S/C24H18O3/c1-26-19-13-15-20-22(16-19)27-24(18-10-6-3-7-11-18)21(23(20)25)14-12-17-8-4-2-5-9-17/h2-16H,1H3/b14-12+. The van der Waals surface area contributed by atoms with E-state index >= 15 is 0 Å². The lowest BCUT2D eigenvalue weighted by atomic mass is 10.0. The Morgan fingerprint density at radius 1 is 0.852 bits per heavy atom. The van der Waals surface area contributed by atoms with E-state index in [-0.39, 0.29) is 5.43 Å². The Balaban J connectivity index is 1.96. The molecule has 3 nitrogen and oxygen atoms in total. The van der Waals surface area contributed by atoms with Gasteiger partial charge in [0, 0.05) is 11.6 Å². The van der Waals surface area contributed by atoms with Crippen LogP contribution in [0, 0.1) is 0 Å². The van der Waals surface area contributed by atoms with E-state index < -0.39 is 0 Å². The van der Waals surface area contributed by atoms with Gasteiger partial charge in [-0.1, -0.05) is 66.7 Å². The summed E-state index contributed by atoms with van der Waals surface area (Å²) in [4.78, 5) is 13.2. The lowest BCUT2D eigenvalue weighted by Crippen LogP contribution is -2.07. The first-order valence-corrected chi connectivity index (χ1v) is 8.69. The van der Waals surface area contributed by atoms with Crippen LogP contribution in [0.3, 0.4) is 0 Å². The molecule has 3 aromatic carbocycles. The minimum atomic E-state index is -0.0649. The maximum Gasteiger partial charge on any atom is 0.200 e. The topological polar surface area (TPSA) is 39.4 Å². The van der Waals surface area contributed by atoms with Crippen LogP contribution in [0.4, 0.5) is 0 Å². The van der Waals surface area contributed by atoms with Crippen LogP contribution >= 0.6 is 0 Å². The number of hydrogen-bond acceptors (Lipinski definition) is 3. The van der Waals surface area contributed by atoms with Gasteiger partial charge in [-0.05, 0) is 23.8 Å². The molecule has 0 aliphatic heterocycles. The number of fused-ring (bicyclic) bond motifs is 1. The molecule has 0 bridgehead atoms. The fourth-order valence-corrected chi connectivity index (χ4v) is 3.01. The SMILES string of the molecule is COc1ccc2c(=O)c(/C=C/c3ccccc3)c(-c3ccccc3)oc2c1. The van der Waals surface area contributed by atoms with E-state index in [2.05, 4.69) is 0 Å². The van der Waals surface area contributed by atoms with Gasteiger partial charge >= 0.3 is 0 Å². The van der Waals surface area contributed by atoms with Gasteiger partial charge < -0.3 is 9.15 Å². The highest BCUT2D eigenvalue weighted by molar-refractivity contribution is 5.87. The van der Waals surface area contributed by atoms with E-state index in [0.717, 1.165) is 11.1 Å². The molecule has 4 rings (SSSR count). The predicted molar refractivity (Wildman–Crippen MR) is 110 cm³/mol. The van der Waals surface area contributed by atoms with Crippen molar-refractivity contribution in [1.82, 2.24) is 0 Å². The highest BCUT2D eigenvalue weighted by Crippen LogP contribution is 2.29. The number of rotatable bonds is 4. The van der Waals surface area contributed by atoms with Crippen LogP contribution in [0.2, 0.25) is 0 Å². The van der Waals surface area contributed by atoms with Gasteiger partial charge in [0.2, 0.25) is 5.43 Å². The van der Waals surface area contributed by atoms with Gasteiger partial charge in [0.15, 0.2) is 0 Å². The summed E-state index contributed by atoms with van der Waals surface area (Å²) in [5.74, 6) is 1.20. The minimum absolute atomic E-state index is 0.0649. The first kappa shape index (κ1) is 16.9. The Hall–Kier alpha value is -3.59. The molecule has 27 heavy (non-hydrogen) atoms. The summed E-state index contributed by atoms with van der Waals surface area (Å²) in [7, 11) is 1.59. The zero-order valence-corrected chi connectivity index (χ0v) is 14.9. The van der Waals surface area contributed by atoms with E-state index in [1.54, 1.807) is 25.3 Å². The Kier molecular flexibility index (Phi) is 4.58. The summed E-state index contributed by atoms with van der Waals surface area (Å²) in [6.45, 7) is 0. The van der Waals surface area contributed by atoms with Crippen molar-refractivity contribution in [2.45, 2.75) is 0 Å². The van der Waals surface area contributed by atoms with Crippen molar-refractivity contribution < 1.29 is 9.15 Å². The molecule has 0 fully saturated rings. The van der Waals surface area contributed by atoms with Gasteiger partial charge in [-0.2, -0.15) is 0 Å². The van der Waals surface area contributed by atoms with Gasteiger partial charge in [-0.25, -0.2) is 0 Å². The van der Waals surface area contributed by atoms with E-state index in [4.69, 9.17) is 9.15 Å². The van der Waals surface area contributed by atoms with Crippen LogP contribution < -0.4 is 10.2 Å². The second kappa shape index (κ2) is 7.34. The Morgan fingerprint density at radius 3 is 2.26 bits per heavy atom. The third-order valence-corrected chi connectivity index (χ3v) is 4.41. The molecular formula is C24H18O3. The maximum atomic E-state index is 13.2. The molecule has 0 saturated carbocycles. The number of ether oxygens (including phenoxy) is 1. The second-order valence-corrected chi connectivity index (χ2v) is 6.15. The van der Waals surface area contributed by atoms with Crippen molar-refractivity contribution >= 4 is 23.1 Å². The summed E-state index contributed by atoms with van der Waals surface area (Å²) in [6, 6.07) is 24.8. The average Bonchev–Trinajstić information content (AvgIpc) is 2.74. The molecule has 3 heteroatoms. The maximum absolute atomic E-state index is 13.2. The van der Waals surface area contributed by atoms with E-state index in [9.17, 15) is 4.79 Å². The monoisotopic (exact) mass is 354 g/mol. The summed E-state index contributed by atoms with van der Waals surface area (Å²) < 4.78 is 11.4. The molecule has 0 aliphatic carbocycles. The molecule has 0 radical (unpaired) electrons. The van der Waals surface area contributed by atoms with Crippen LogP contribution in [0.1, 0.15) is 11.1 Å². The number of hydrogen-bond donors (Lipinski definition) is 0. The highest BCUT2D eigenvalue weighted by atomic mass is 16.5. The molecule has 1 heterocycles. The molecule has 0 spiro atoms.